The van der Waals surface area contributed by atoms with E-state index in [9.17, 15) is 18.0 Å². The monoisotopic (exact) mass is 520 g/mol. The van der Waals surface area contributed by atoms with E-state index in [0.29, 0.717) is 27.4 Å². The molecule has 0 aliphatic carbocycles. The molecule has 1 N–H and O–H groups in total. The molecule has 0 aromatic heterocycles. The largest absolute Gasteiger partial charge is 0.465 e. The van der Waals surface area contributed by atoms with Crippen LogP contribution in [0.2, 0.25) is 10.0 Å². The Bertz CT molecular complexity index is 1290. The molecule has 7 nitrogen and oxygen atoms in total. The summed E-state index contributed by atoms with van der Waals surface area (Å²) < 4.78 is 30.7. The van der Waals surface area contributed by atoms with Crippen LogP contribution in [-0.2, 0) is 27.8 Å². The molecular weight excluding hydrogens is 499 g/mol. The molecule has 0 aliphatic heterocycles. The van der Waals surface area contributed by atoms with Crippen molar-refractivity contribution in [1.29, 1.82) is 0 Å². The number of rotatable bonds is 8. The number of amides is 1. The van der Waals surface area contributed by atoms with Gasteiger partial charge in [-0.2, -0.15) is 0 Å². The summed E-state index contributed by atoms with van der Waals surface area (Å²) in [6, 6.07) is 17.9. The van der Waals surface area contributed by atoms with Gasteiger partial charge in [0.1, 0.15) is 0 Å². The molecule has 0 radical (unpaired) electrons. The number of sulfonamides is 1. The van der Waals surface area contributed by atoms with Crippen LogP contribution in [0.4, 0.5) is 5.69 Å². The number of hydrogen-bond acceptors (Lipinski definition) is 5. The number of esters is 1. The highest BCUT2D eigenvalue weighted by Crippen LogP contribution is 2.29. The number of hydrogen-bond donors (Lipinski definition) is 1. The fourth-order valence-corrected chi connectivity index (χ4v) is 4.42. The van der Waals surface area contributed by atoms with Crippen molar-refractivity contribution < 1.29 is 22.7 Å². The van der Waals surface area contributed by atoms with Gasteiger partial charge in [0.2, 0.25) is 10.0 Å². The van der Waals surface area contributed by atoms with E-state index in [1.165, 1.54) is 11.4 Å². The van der Waals surface area contributed by atoms with Crippen molar-refractivity contribution in [3.8, 4) is 0 Å². The predicted octanol–water partition coefficient (Wildman–Crippen LogP) is 4.68. The smallest absolute Gasteiger partial charge is 0.337 e. The maximum absolute atomic E-state index is 12.5. The van der Waals surface area contributed by atoms with Gasteiger partial charge in [-0.1, -0.05) is 47.5 Å². The van der Waals surface area contributed by atoms with Crippen LogP contribution >= 0.6 is 23.2 Å². The molecule has 0 bridgehead atoms. The zero-order valence-corrected chi connectivity index (χ0v) is 20.7. The molecule has 0 spiro atoms. The third-order valence-corrected chi connectivity index (χ3v) is 6.99. The summed E-state index contributed by atoms with van der Waals surface area (Å²) in [6.45, 7) is 0.246. The maximum Gasteiger partial charge on any atom is 0.337 e. The Balaban J connectivity index is 1.71. The average molecular weight is 521 g/mol. The van der Waals surface area contributed by atoms with Gasteiger partial charge in [-0.05, 0) is 53.6 Å². The van der Waals surface area contributed by atoms with Crippen molar-refractivity contribution in [2.45, 2.75) is 13.1 Å². The number of benzene rings is 3. The minimum absolute atomic E-state index is 0.00859. The first-order valence-corrected chi connectivity index (χ1v) is 12.7. The topological polar surface area (TPSA) is 92.8 Å². The molecule has 178 valence electrons. The highest BCUT2D eigenvalue weighted by atomic mass is 35.5. The summed E-state index contributed by atoms with van der Waals surface area (Å²) in [5.74, 6) is -0.760. The summed E-state index contributed by atoms with van der Waals surface area (Å²) in [7, 11) is -2.33. The summed E-state index contributed by atoms with van der Waals surface area (Å²) in [4.78, 5) is 24.0. The molecule has 3 rings (SSSR count). The Morgan fingerprint density at radius 3 is 2.15 bits per heavy atom. The normalized spacial score (nSPS) is 11.1. The Morgan fingerprint density at radius 2 is 1.56 bits per heavy atom. The van der Waals surface area contributed by atoms with Crippen LogP contribution in [0.1, 0.15) is 31.8 Å². The average Bonchev–Trinajstić information content (AvgIpc) is 2.82. The maximum atomic E-state index is 12.5. The first kappa shape index (κ1) is 25.6. The van der Waals surface area contributed by atoms with Crippen LogP contribution < -0.4 is 9.62 Å². The SMILES string of the molecule is COC(=O)c1ccc(CNC(=O)c2ccc(N(Cc3cccc(Cl)c3Cl)S(C)(=O)=O)cc2)cc1. The Morgan fingerprint density at radius 1 is 0.941 bits per heavy atom. The number of nitrogens with zero attached hydrogens (tertiary/aromatic N) is 1. The predicted molar refractivity (Wildman–Crippen MR) is 133 cm³/mol. The van der Waals surface area contributed by atoms with Gasteiger partial charge >= 0.3 is 5.97 Å². The van der Waals surface area contributed by atoms with Crippen LogP contribution in [0.3, 0.4) is 0 Å². The number of carbonyl (C=O) groups excluding carboxylic acids is 2. The number of carbonyl (C=O) groups is 2. The van der Waals surface area contributed by atoms with Crippen molar-refractivity contribution in [3.63, 3.8) is 0 Å². The van der Waals surface area contributed by atoms with Gasteiger partial charge in [0.05, 0.1) is 41.2 Å². The lowest BCUT2D eigenvalue weighted by Crippen LogP contribution is -2.29. The van der Waals surface area contributed by atoms with Gasteiger partial charge in [-0.3, -0.25) is 9.10 Å². The molecule has 0 unspecified atom stereocenters. The lowest BCUT2D eigenvalue weighted by molar-refractivity contribution is 0.0600. The molecule has 3 aromatic rings. The van der Waals surface area contributed by atoms with Crippen LogP contribution in [0.5, 0.6) is 0 Å². The van der Waals surface area contributed by atoms with Gasteiger partial charge < -0.3 is 10.1 Å². The molecule has 0 saturated heterocycles. The number of nitrogens with one attached hydrogen (secondary N) is 1. The number of methoxy groups -OCH3 is 1. The summed E-state index contributed by atoms with van der Waals surface area (Å²) in [6.07, 6.45) is 1.09. The van der Waals surface area contributed by atoms with Gasteiger partial charge in [-0.15, -0.1) is 0 Å². The fourth-order valence-electron chi connectivity index (χ4n) is 3.17. The van der Waals surface area contributed by atoms with Crippen LogP contribution in [0.25, 0.3) is 0 Å². The summed E-state index contributed by atoms with van der Waals surface area (Å²) >= 11 is 12.3. The second kappa shape index (κ2) is 10.9. The minimum atomic E-state index is -3.64. The Hall–Kier alpha value is -3.07. The van der Waals surface area contributed by atoms with E-state index in [0.717, 1.165) is 11.8 Å². The highest BCUT2D eigenvalue weighted by Gasteiger charge is 2.20. The van der Waals surface area contributed by atoms with Crippen LogP contribution in [0, 0.1) is 0 Å². The van der Waals surface area contributed by atoms with E-state index < -0.39 is 16.0 Å². The van der Waals surface area contributed by atoms with E-state index >= 15 is 0 Å². The number of ether oxygens (including phenoxy) is 1. The third kappa shape index (κ3) is 6.28. The van der Waals surface area contributed by atoms with E-state index in [1.54, 1.807) is 66.7 Å². The lowest BCUT2D eigenvalue weighted by atomic mass is 10.1. The second-order valence-electron chi connectivity index (χ2n) is 7.40. The zero-order valence-electron chi connectivity index (χ0n) is 18.4. The molecule has 10 heteroatoms. The molecule has 0 fully saturated rings. The Kier molecular flexibility index (Phi) is 8.19. The molecule has 34 heavy (non-hydrogen) atoms. The Labute approximate surface area is 208 Å². The number of halogens is 2. The molecule has 0 aliphatic rings. The van der Waals surface area contributed by atoms with Gasteiger partial charge in [-0.25, -0.2) is 13.2 Å². The molecule has 3 aromatic carbocycles. The third-order valence-electron chi connectivity index (χ3n) is 4.99. The first-order chi connectivity index (χ1) is 16.1. The quantitative estimate of drug-likeness (QED) is 0.435. The lowest BCUT2D eigenvalue weighted by Gasteiger charge is -2.23. The molecule has 0 atom stereocenters. The molecule has 1 amide bonds. The van der Waals surface area contributed by atoms with Crippen molar-refractivity contribution in [2.75, 3.05) is 17.7 Å². The van der Waals surface area contributed by atoms with Crippen LogP contribution in [0.15, 0.2) is 66.7 Å². The molecule has 0 heterocycles. The van der Waals surface area contributed by atoms with Crippen molar-refractivity contribution >= 4 is 50.8 Å². The van der Waals surface area contributed by atoms with E-state index in [4.69, 9.17) is 23.2 Å². The van der Waals surface area contributed by atoms with E-state index in [1.807, 2.05) is 0 Å². The molecule has 0 saturated carbocycles. The van der Waals surface area contributed by atoms with Crippen molar-refractivity contribution in [2.24, 2.45) is 0 Å². The van der Waals surface area contributed by atoms with Crippen molar-refractivity contribution in [1.82, 2.24) is 5.32 Å². The first-order valence-electron chi connectivity index (χ1n) is 10.1. The van der Waals surface area contributed by atoms with E-state index in [-0.39, 0.29) is 24.0 Å². The zero-order chi connectivity index (χ0) is 24.9. The van der Waals surface area contributed by atoms with Gasteiger partial charge in [0.25, 0.3) is 5.91 Å². The molecular formula is C24H22Cl2N2O5S. The summed E-state index contributed by atoms with van der Waals surface area (Å²) in [5.41, 5.74) is 2.53. The highest BCUT2D eigenvalue weighted by molar-refractivity contribution is 7.92. The van der Waals surface area contributed by atoms with Crippen molar-refractivity contribution in [3.05, 3.63) is 99.0 Å². The van der Waals surface area contributed by atoms with Crippen LogP contribution in [-0.4, -0.2) is 33.7 Å². The number of anilines is 1. The standard InChI is InChI=1S/C24H22Cl2N2O5S/c1-33-24(30)18-8-6-16(7-9-18)14-27-23(29)17-10-12-20(13-11-17)28(34(2,31)32)15-19-4-3-5-21(25)22(19)26/h3-13H,14-15H2,1-2H3,(H,27,29). The minimum Gasteiger partial charge on any atom is -0.465 e. The van der Waals surface area contributed by atoms with E-state index in [2.05, 4.69) is 10.1 Å². The van der Waals surface area contributed by atoms with Gasteiger partial charge in [0, 0.05) is 12.1 Å². The second-order valence-corrected chi connectivity index (χ2v) is 10.1. The summed E-state index contributed by atoms with van der Waals surface area (Å²) in [5, 5.41) is 3.41. The fraction of sp³-hybridized carbons (Fsp3) is 0.167. The van der Waals surface area contributed by atoms with Gasteiger partial charge in [0.15, 0.2) is 0 Å².